The number of morpholine rings is 1. The Morgan fingerprint density at radius 1 is 1.08 bits per heavy atom. The Hall–Kier alpha value is -4.31. The molecule has 0 amide bonds. The van der Waals surface area contributed by atoms with Crippen LogP contribution in [0.4, 0.5) is 14.6 Å². The third-order valence-electron chi connectivity index (χ3n) is 12.3. The number of benzene rings is 2. The van der Waals surface area contributed by atoms with Gasteiger partial charge in [-0.1, -0.05) is 18.4 Å². The zero-order valence-electron chi connectivity index (χ0n) is 29.4. The summed E-state index contributed by atoms with van der Waals surface area (Å²) < 4.78 is 56.3. The van der Waals surface area contributed by atoms with E-state index in [0.29, 0.717) is 48.3 Å². The van der Waals surface area contributed by atoms with Crippen LogP contribution in [-0.4, -0.2) is 96.3 Å². The van der Waals surface area contributed by atoms with E-state index in [4.69, 9.17) is 35.3 Å². The highest BCUT2D eigenvalue weighted by Crippen LogP contribution is 2.49. The van der Waals surface area contributed by atoms with Crippen LogP contribution in [0.1, 0.15) is 56.9 Å². The van der Waals surface area contributed by atoms with Gasteiger partial charge >= 0.3 is 6.01 Å². The molecule has 2 aromatic heterocycles. The normalized spacial score (nSPS) is 26.3. The van der Waals surface area contributed by atoms with E-state index in [1.165, 1.54) is 31.4 Å². The summed E-state index contributed by atoms with van der Waals surface area (Å²) in [6.45, 7) is 5.40. The van der Waals surface area contributed by atoms with Crippen molar-refractivity contribution in [2.75, 3.05) is 58.1 Å². The minimum atomic E-state index is -0.777. The molecule has 5 aliphatic rings. The number of hydrogen-bond acceptors (Lipinski definition) is 10. The minimum absolute atomic E-state index is 0.0362. The summed E-state index contributed by atoms with van der Waals surface area (Å²) in [4.78, 5) is 19.2. The Morgan fingerprint density at radius 3 is 2.69 bits per heavy atom. The average Bonchev–Trinajstić information content (AvgIpc) is 3.92. The van der Waals surface area contributed by atoms with Crippen molar-refractivity contribution >= 4 is 27.5 Å². The molecule has 5 fully saturated rings. The number of piperidine rings is 1. The van der Waals surface area contributed by atoms with Gasteiger partial charge in [0.1, 0.15) is 34.0 Å². The van der Waals surface area contributed by atoms with Crippen molar-refractivity contribution in [1.82, 2.24) is 19.9 Å². The quantitative estimate of drug-likeness (QED) is 0.212. The Balaban J connectivity index is 1.14. The van der Waals surface area contributed by atoms with Crippen molar-refractivity contribution in [3.63, 3.8) is 0 Å². The third-order valence-corrected chi connectivity index (χ3v) is 12.3. The number of phenols is 1. The number of terminal acetylenes is 1. The third kappa shape index (κ3) is 5.60. The van der Waals surface area contributed by atoms with Crippen molar-refractivity contribution in [2.24, 2.45) is 11.3 Å². The van der Waals surface area contributed by atoms with Gasteiger partial charge in [0.15, 0.2) is 5.82 Å². The first kappa shape index (κ1) is 33.5. The molecular formula is C40H43F2N5O5. The summed E-state index contributed by atoms with van der Waals surface area (Å²) >= 11 is 0. The van der Waals surface area contributed by atoms with Gasteiger partial charge in [0, 0.05) is 48.7 Å². The number of likely N-dealkylation sites (tertiary alicyclic amines) is 1. The van der Waals surface area contributed by atoms with Gasteiger partial charge in [-0.2, -0.15) is 9.97 Å². The number of rotatable bonds is 8. The minimum Gasteiger partial charge on any atom is -0.508 e. The first-order chi connectivity index (χ1) is 25.4. The van der Waals surface area contributed by atoms with Gasteiger partial charge in [-0.3, -0.25) is 4.90 Å². The lowest BCUT2D eigenvalue weighted by Gasteiger charge is -2.47. The van der Waals surface area contributed by atoms with Gasteiger partial charge in [0.2, 0.25) is 5.88 Å². The fraction of sp³-hybridized carbons (Fsp3) is 0.525. The zero-order chi connectivity index (χ0) is 35.6. The van der Waals surface area contributed by atoms with Crippen LogP contribution >= 0.6 is 0 Å². The van der Waals surface area contributed by atoms with Crippen LogP contribution in [-0.2, 0) is 9.47 Å². The van der Waals surface area contributed by atoms with Crippen LogP contribution in [0, 0.1) is 35.3 Å². The Labute approximate surface area is 301 Å². The van der Waals surface area contributed by atoms with Crippen molar-refractivity contribution < 1.29 is 32.8 Å². The predicted octanol–water partition coefficient (Wildman–Crippen LogP) is 6.24. The average molecular weight is 712 g/mol. The van der Waals surface area contributed by atoms with Gasteiger partial charge in [-0.15, -0.1) is 6.42 Å². The molecule has 1 aliphatic carbocycles. The standard InChI is InChI=1S/C40H43F2N5O5/c1-3-28-30(41)8-7-24-16-26(48)18-29(32(24)28)35-34(42)36-33(38(43-35)49-2)37(47-20-27-17-25(47)21-51-27)45-39(44-36)52-22-40-11-4-6-31(40)46(13-5-12-40)19-23-9-14-50-15-10-23/h1,7-8,16,18,23,25,27,31,48H,4-6,9-15,17,19-22H2,2H3. The van der Waals surface area contributed by atoms with Gasteiger partial charge < -0.3 is 29.0 Å². The largest absolute Gasteiger partial charge is 0.508 e. The van der Waals surface area contributed by atoms with E-state index in [-0.39, 0.29) is 62.9 Å². The molecule has 1 N–H and O–H groups in total. The van der Waals surface area contributed by atoms with Gasteiger partial charge in [-0.05, 0) is 81.0 Å². The highest BCUT2D eigenvalue weighted by atomic mass is 19.1. The van der Waals surface area contributed by atoms with E-state index in [0.717, 1.165) is 77.7 Å². The van der Waals surface area contributed by atoms with Crippen molar-refractivity contribution in [3.8, 4) is 41.2 Å². The smallest absolute Gasteiger partial charge is 0.319 e. The topological polar surface area (TPSA) is 102 Å². The molecule has 4 saturated heterocycles. The fourth-order valence-electron chi connectivity index (χ4n) is 9.81. The van der Waals surface area contributed by atoms with Gasteiger partial charge in [0.05, 0.1) is 38.0 Å². The molecule has 0 radical (unpaired) electrons. The Kier molecular flexibility index (Phi) is 8.56. The summed E-state index contributed by atoms with van der Waals surface area (Å²) in [5.41, 5.74) is -0.197. The number of fused-ring (bicyclic) bond motifs is 5. The number of anilines is 1. The predicted molar refractivity (Wildman–Crippen MR) is 192 cm³/mol. The number of pyridine rings is 1. The Morgan fingerprint density at radius 2 is 1.92 bits per heavy atom. The molecule has 4 aliphatic heterocycles. The number of methoxy groups -OCH3 is 1. The lowest BCUT2D eigenvalue weighted by atomic mass is 9.75. The number of aromatic hydroxyl groups is 1. The number of phenolic OH excluding ortho intramolecular Hbond substituents is 1. The molecule has 2 bridgehead atoms. The number of ether oxygens (including phenoxy) is 4. The van der Waals surface area contributed by atoms with Gasteiger partial charge in [-0.25, -0.2) is 13.8 Å². The van der Waals surface area contributed by atoms with E-state index in [2.05, 4.69) is 20.7 Å². The van der Waals surface area contributed by atoms with E-state index >= 15 is 8.78 Å². The van der Waals surface area contributed by atoms with E-state index < -0.39 is 11.6 Å². The van der Waals surface area contributed by atoms with Crippen LogP contribution in [0.25, 0.3) is 32.9 Å². The van der Waals surface area contributed by atoms with Crippen LogP contribution in [0.2, 0.25) is 0 Å². The first-order valence-corrected chi connectivity index (χ1v) is 18.6. The fourth-order valence-corrected chi connectivity index (χ4v) is 9.81. The first-order valence-electron chi connectivity index (χ1n) is 18.6. The molecule has 1 saturated carbocycles. The number of halogens is 2. The molecular weight excluding hydrogens is 668 g/mol. The second-order valence-corrected chi connectivity index (χ2v) is 15.2. The number of hydrogen-bond donors (Lipinski definition) is 1. The van der Waals surface area contributed by atoms with Crippen LogP contribution < -0.4 is 14.4 Å². The highest BCUT2D eigenvalue weighted by molar-refractivity contribution is 6.04. The number of nitrogens with zero attached hydrogens (tertiary/aromatic N) is 5. The molecule has 10 nitrogen and oxygen atoms in total. The van der Waals surface area contributed by atoms with E-state index in [1.54, 1.807) is 0 Å². The zero-order valence-corrected chi connectivity index (χ0v) is 29.4. The summed E-state index contributed by atoms with van der Waals surface area (Å²) in [5, 5.41) is 11.7. The molecule has 4 unspecified atom stereocenters. The molecule has 2 aromatic carbocycles. The summed E-state index contributed by atoms with van der Waals surface area (Å²) in [7, 11) is 1.46. The molecule has 4 aromatic rings. The monoisotopic (exact) mass is 711 g/mol. The van der Waals surface area contributed by atoms with E-state index in [1.807, 2.05) is 0 Å². The molecule has 272 valence electrons. The summed E-state index contributed by atoms with van der Waals surface area (Å²) in [5.74, 6) is 2.06. The van der Waals surface area contributed by atoms with Crippen LogP contribution in [0.15, 0.2) is 24.3 Å². The lowest BCUT2D eigenvalue weighted by molar-refractivity contribution is -0.0203. The molecule has 12 heteroatoms. The second kappa shape index (κ2) is 13.3. The maximum atomic E-state index is 17.2. The van der Waals surface area contributed by atoms with Crippen LogP contribution in [0.5, 0.6) is 17.6 Å². The Bertz CT molecular complexity index is 2090. The molecule has 4 atom stereocenters. The van der Waals surface area contributed by atoms with Crippen molar-refractivity contribution in [2.45, 2.75) is 69.6 Å². The molecule has 6 heterocycles. The lowest BCUT2D eigenvalue weighted by Crippen LogP contribution is -2.53. The summed E-state index contributed by atoms with van der Waals surface area (Å²) in [6.07, 6.45) is 14.3. The van der Waals surface area contributed by atoms with Crippen LogP contribution in [0.3, 0.4) is 0 Å². The maximum absolute atomic E-state index is 17.2. The number of aromatic nitrogens is 3. The van der Waals surface area contributed by atoms with Gasteiger partial charge in [0.25, 0.3) is 0 Å². The maximum Gasteiger partial charge on any atom is 0.319 e. The van der Waals surface area contributed by atoms with E-state index in [9.17, 15) is 5.11 Å². The highest BCUT2D eigenvalue weighted by Gasteiger charge is 2.49. The molecule has 52 heavy (non-hydrogen) atoms. The van der Waals surface area contributed by atoms with Crippen molar-refractivity contribution in [3.05, 3.63) is 41.5 Å². The molecule has 9 rings (SSSR count). The summed E-state index contributed by atoms with van der Waals surface area (Å²) in [6, 6.07) is 6.06. The molecule has 0 spiro atoms. The second-order valence-electron chi connectivity index (χ2n) is 15.2. The van der Waals surface area contributed by atoms with Crippen molar-refractivity contribution in [1.29, 1.82) is 0 Å². The SMILES string of the molecule is C#Cc1c(F)ccc2cc(O)cc(-c3nc(OC)c4c(N5CC6CC5CO6)nc(OCC56CCCC5N(CC5CCOCC5)CCC6)nc4c3F)c12.